The zero-order chi connectivity index (χ0) is 21.7. The van der Waals surface area contributed by atoms with E-state index in [1.807, 2.05) is 4.90 Å². The first-order valence-corrected chi connectivity index (χ1v) is 12.2. The van der Waals surface area contributed by atoms with Crippen LogP contribution in [0.2, 0.25) is 0 Å². The summed E-state index contributed by atoms with van der Waals surface area (Å²) in [6.45, 7) is 6.88. The van der Waals surface area contributed by atoms with Gasteiger partial charge in [-0.3, -0.25) is 4.79 Å². The lowest BCUT2D eigenvalue weighted by Crippen LogP contribution is -2.45. The molecule has 0 bridgehead atoms. The minimum atomic E-state index is -3.99. The quantitative estimate of drug-likeness (QED) is 0.703. The fraction of sp³-hybridized carbons (Fsp3) is 0.667. The summed E-state index contributed by atoms with van der Waals surface area (Å²) in [6, 6.07) is 2.40. The summed E-state index contributed by atoms with van der Waals surface area (Å²) in [6.07, 6.45) is 4.57. The van der Waals surface area contributed by atoms with Crippen LogP contribution in [0.25, 0.3) is 0 Å². The van der Waals surface area contributed by atoms with E-state index in [1.165, 1.54) is 12.8 Å². The minimum Gasteiger partial charge on any atom is -0.342 e. The predicted molar refractivity (Wildman–Crippen MR) is 110 cm³/mol. The fourth-order valence-corrected chi connectivity index (χ4v) is 5.27. The second-order valence-electron chi connectivity index (χ2n) is 8.55. The molecule has 3 rings (SSSR count). The number of likely N-dealkylation sites (tertiary alicyclic amines) is 2. The van der Waals surface area contributed by atoms with Crippen molar-refractivity contribution in [3.8, 4) is 0 Å². The molecule has 0 radical (unpaired) electrons. The van der Waals surface area contributed by atoms with E-state index in [4.69, 9.17) is 0 Å². The van der Waals surface area contributed by atoms with Crippen molar-refractivity contribution >= 4 is 15.9 Å². The van der Waals surface area contributed by atoms with Gasteiger partial charge in [0.25, 0.3) is 0 Å². The van der Waals surface area contributed by atoms with Crippen molar-refractivity contribution in [2.75, 3.05) is 39.3 Å². The molecule has 2 fully saturated rings. The van der Waals surface area contributed by atoms with Crippen molar-refractivity contribution in [3.63, 3.8) is 0 Å². The Morgan fingerprint density at radius 3 is 2.57 bits per heavy atom. The molecule has 0 aromatic heterocycles. The lowest BCUT2D eigenvalue weighted by atomic mass is 9.94. The standard InChI is InChI=1S/C21H31F2N3O3S/c1-16-7-11-25(12-8-16)14-17-3-2-10-26(15-17)21(27)6-9-24-30(28,29)18-4-5-19(22)20(23)13-18/h4-5,13,16-17,24H,2-3,6-12,14-15H2,1H3. The molecule has 1 aromatic rings. The molecule has 1 amide bonds. The molecular formula is C21H31F2N3O3S. The molecule has 2 aliphatic heterocycles. The zero-order valence-corrected chi connectivity index (χ0v) is 18.3. The Morgan fingerprint density at radius 2 is 1.87 bits per heavy atom. The third-order valence-electron chi connectivity index (χ3n) is 6.10. The molecule has 1 aromatic carbocycles. The molecule has 2 heterocycles. The van der Waals surface area contributed by atoms with Gasteiger partial charge in [-0.05, 0) is 68.8 Å². The molecule has 6 nitrogen and oxygen atoms in total. The van der Waals surface area contributed by atoms with Crippen LogP contribution in [0, 0.1) is 23.5 Å². The van der Waals surface area contributed by atoms with E-state index in [9.17, 15) is 22.0 Å². The third kappa shape index (κ3) is 6.21. The van der Waals surface area contributed by atoms with E-state index in [-0.39, 0.29) is 23.8 Å². The van der Waals surface area contributed by atoms with Crippen LogP contribution >= 0.6 is 0 Å². The Balaban J connectivity index is 1.45. The average molecular weight is 444 g/mol. The van der Waals surface area contributed by atoms with Crippen molar-refractivity contribution in [3.05, 3.63) is 29.8 Å². The molecule has 1 atom stereocenters. The van der Waals surface area contributed by atoms with Gasteiger partial charge in [0.2, 0.25) is 15.9 Å². The van der Waals surface area contributed by atoms with Crippen LogP contribution in [0.15, 0.2) is 23.1 Å². The summed E-state index contributed by atoms with van der Waals surface area (Å²) in [5.41, 5.74) is 0. The highest BCUT2D eigenvalue weighted by Crippen LogP contribution is 2.22. The molecule has 1 N–H and O–H groups in total. The van der Waals surface area contributed by atoms with Crippen LogP contribution < -0.4 is 4.72 Å². The number of nitrogens with zero attached hydrogens (tertiary/aromatic N) is 2. The number of sulfonamides is 1. The maximum atomic E-state index is 13.3. The van der Waals surface area contributed by atoms with Gasteiger partial charge >= 0.3 is 0 Å². The van der Waals surface area contributed by atoms with Crippen LogP contribution in [0.5, 0.6) is 0 Å². The number of hydrogen-bond acceptors (Lipinski definition) is 4. The molecule has 2 aliphatic rings. The Kier molecular flexibility index (Phi) is 7.81. The molecule has 0 aliphatic carbocycles. The summed E-state index contributed by atoms with van der Waals surface area (Å²) in [4.78, 5) is 16.5. The number of benzene rings is 1. The van der Waals surface area contributed by atoms with Gasteiger partial charge in [0.1, 0.15) is 0 Å². The van der Waals surface area contributed by atoms with Gasteiger partial charge in [0.05, 0.1) is 4.90 Å². The normalized spacial score (nSPS) is 21.7. The number of nitrogens with one attached hydrogen (secondary N) is 1. The van der Waals surface area contributed by atoms with Crippen LogP contribution in [0.1, 0.15) is 39.0 Å². The molecule has 0 spiro atoms. The van der Waals surface area contributed by atoms with Crippen LogP contribution in [-0.4, -0.2) is 63.4 Å². The molecule has 2 saturated heterocycles. The van der Waals surface area contributed by atoms with E-state index in [0.29, 0.717) is 25.1 Å². The van der Waals surface area contributed by atoms with Crippen LogP contribution in [0.4, 0.5) is 8.78 Å². The van der Waals surface area contributed by atoms with Gasteiger partial charge in [0, 0.05) is 32.6 Å². The van der Waals surface area contributed by atoms with Crippen molar-refractivity contribution in [1.29, 1.82) is 0 Å². The van der Waals surface area contributed by atoms with E-state index in [1.54, 1.807) is 0 Å². The van der Waals surface area contributed by atoms with E-state index in [2.05, 4.69) is 16.5 Å². The first-order chi connectivity index (χ1) is 14.2. The van der Waals surface area contributed by atoms with Crippen molar-refractivity contribution in [2.24, 2.45) is 11.8 Å². The average Bonchev–Trinajstić information content (AvgIpc) is 2.71. The second kappa shape index (κ2) is 10.2. The maximum Gasteiger partial charge on any atom is 0.240 e. The number of piperidine rings is 2. The highest BCUT2D eigenvalue weighted by Gasteiger charge is 2.26. The number of carbonyl (C=O) groups is 1. The Labute approximate surface area is 177 Å². The predicted octanol–water partition coefficient (Wildman–Crippen LogP) is 2.60. The number of rotatable bonds is 7. The number of halogens is 2. The summed E-state index contributed by atoms with van der Waals surface area (Å²) in [5, 5.41) is 0. The highest BCUT2D eigenvalue weighted by molar-refractivity contribution is 7.89. The summed E-state index contributed by atoms with van der Waals surface area (Å²) in [7, 11) is -3.99. The van der Waals surface area contributed by atoms with E-state index < -0.39 is 21.7 Å². The maximum absolute atomic E-state index is 13.3. The molecule has 168 valence electrons. The highest BCUT2D eigenvalue weighted by atomic mass is 32.2. The molecular weight excluding hydrogens is 412 g/mol. The number of carbonyl (C=O) groups excluding carboxylic acids is 1. The van der Waals surface area contributed by atoms with E-state index >= 15 is 0 Å². The van der Waals surface area contributed by atoms with Gasteiger partial charge in [-0.1, -0.05) is 6.92 Å². The second-order valence-corrected chi connectivity index (χ2v) is 10.3. The number of hydrogen-bond donors (Lipinski definition) is 1. The van der Waals surface area contributed by atoms with E-state index in [0.717, 1.165) is 50.5 Å². The summed E-state index contributed by atoms with van der Waals surface area (Å²) in [5.74, 6) is -1.17. The molecule has 1 unspecified atom stereocenters. The monoisotopic (exact) mass is 443 g/mol. The lowest BCUT2D eigenvalue weighted by Gasteiger charge is -2.38. The largest absolute Gasteiger partial charge is 0.342 e. The Bertz CT molecular complexity index is 842. The van der Waals surface area contributed by atoms with Crippen LogP contribution in [0.3, 0.4) is 0 Å². The van der Waals surface area contributed by atoms with Gasteiger partial charge in [0.15, 0.2) is 11.6 Å². The lowest BCUT2D eigenvalue weighted by molar-refractivity contribution is -0.133. The minimum absolute atomic E-state index is 0.0385. The van der Waals surface area contributed by atoms with Crippen LogP contribution in [-0.2, 0) is 14.8 Å². The number of amides is 1. The van der Waals surface area contributed by atoms with Crippen molar-refractivity contribution < 1.29 is 22.0 Å². The summed E-state index contributed by atoms with van der Waals surface area (Å²) >= 11 is 0. The van der Waals surface area contributed by atoms with Crippen molar-refractivity contribution in [2.45, 2.75) is 43.9 Å². The Hall–Kier alpha value is -1.58. The van der Waals surface area contributed by atoms with Gasteiger partial charge < -0.3 is 9.80 Å². The molecule has 9 heteroatoms. The molecule has 0 saturated carbocycles. The summed E-state index contributed by atoms with van der Waals surface area (Å²) < 4.78 is 53.0. The van der Waals surface area contributed by atoms with Gasteiger partial charge in [-0.15, -0.1) is 0 Å². The topological polar surface area (TPSA) is 69.7 Å². The fourth-order valence-electron chi connectivity index (χ4n) is 4.23. The first-order valence-electron chi connectivity index (χ1n) is 10.7. The third-order valence-corrected chi connectivity index (χ3v) is 7.56. The van der Waals surface area contributed by atoms with Gasteiger partial charge in [-0.25, -0.2) is 21.9 Å². The zero-order valence-electron chi connectivity index (χ0n) is 17.4. The van der Waals surface area contributed by atoms with Gasteiger partial charge in [-0.2, -0.15) is 0 Å². The smallest absolute Gasteiger partial charge is 0.240 e. The SMILES string of the molecule is CC1CCN(CC2CCCN(C(=O)CCNS(=O)(=O)c3ccc(F)c(F)c3)C2)CC1. The Morgan fingerprint density at radius 1 is 1.13 bits per heavy atom. The first kappa shape index (κ1) is 23.1. The van der Waals surface area contributed by atoms with Crippen molar-refractivity contribution in [1.82, 2.24) is 14.5 Å². The molecule has 30 heavy (non-hydrogen) atoms.